The third-order valence-corrected chi connectivity index (χ3v) is 5.90. The van der Waals surface area contributed by atoms with E-state index >= 15 is 0 Å². The van der Waals surface area contributed by atoms with Crippen molar-refractivity contribution in [1.82, 2.24) is 9.29 Å². The minimum Gasteiger partial charge on any atom is -0.313 e. The standard InChI is InChI=1S/C20H17ClF2N2S/c1-24-19-8-6-15-16(19)11-25(26-14-4-2-3-13(21)10-14)20(15)12-5-7-17(22)18(23)9-12/h2-5,7,9-11,19,24H,6,8H2,1H3. The van der Waals surface area contributed by atoms with Gasteiger partial charge >= 0.3 is 0 Å². The summed E-state index contributed by atoms with van der Waals surface area (Å²) in [6.45, 7) is 0. The molecule has 2 aromatic carbocycles. The number of rotatable bonds is 4. The van der Waals surface area contributed by atoms with E-state index in [1.54, 1.807) is 6.07 Å². The van der Waals surface area contributed by atoms with E-state index in [1.807, 2.05) is 35.3 Å². The van der Waals surface area contributed by atoms with Gasteiger partial charge in [0, 0.05) is 27.7 Å². The van der Waals surface area contributed by atoms with Crippen LogP contribution in [-0.2, 0) is 6.42 Å². The second-order valence-corrected chi connectivity index (χ2v) is 7.78. The first-order valence-corrected chi connectivity index (χ1v) is 9.52. The summed E-state index contributed by atoms with van der Waals surface area (Å²) >= 11 is 7.62. The van der Waals surface area contributed by atoms with E-state index in [9.17, 15) is 8.78 Å². The van der Waals surface area contributed by atoms with Crippen LogP contribution < -0.4 is 5.32 Å². The highest BCUT2D eigenvalue weighted by Crippen LogP contribution is 2.42. The van der Waals surface area contributed by atoms with Crippen molar-refractivity contribution in [3.8, 4) is 11.3 Å². The van der Waals surface area contributed by atoms with Crippen LogP contribution in [-0.4, -0.2) is 11.0 Å². The molecule has 1 aromatic heterocycles. The average Bonchev–Trinajstić information content (AvgIpc) is 3.16. The molecule has 134 valence electrons. The van der Waals surface area contributed by atoms with Gasteiger partial charge in [0.25, 0.3) is 0 Å². The van der Waals surface area contributed by atoms with Crippen LogP contribution in [0.15, 0.2) is 53.6 Å². The number of hydrogen-bond donors (Lipinski definition) is 1. The minimum absolute atomic E-state index is 0.273. The number of fused-ring (bicyclic) bond motifs is 1. The van der Waals surface area contributed by atoms with Crippen LogP contribution in [0.25, 0.3) is 11.3 Å². The Balaban J connectivity index is 1.84. The molecule has 0 amide bonds. The highest BCUT2D eigenvalue weighted by atomic mass is 35.5. The zero-order chi connectivity index (χ0) is 18.3. The monoisotopic (exact) mass is 390 g/mol. The molecule has 1 heterocycles. The fourth-order valence-electron chi connectivity index (χ4n) is 3.50. The summed E-state index contributed by atoms with van der Waals surface area (Å²) in [4.78, 5) is 0.982. The average molecular weight is 391 g/mol. The van der Waals surface area contributed by atoms with Crippen molar-refractivity contribution in [2.24, 2.45) is 0 Å². The molecule has 26 heavy (non-hydrogen) atoms. The van der Waals surface area contributed by atoms with Crippen LogP contribution >= 0.6 is 23.5 Å². The Hall–Kier alpha value is -1.82. The van der Waals surface area contributed by atoms with Gasteiger partial charge < -0.3 is 5.32 Å². The summed E-state index contributed by atoms with van der Waals surface area (Å²) in [5, 5.41) is 3.99. The van der Waals surface area contributed by atoms with E-state index < -0.39 is 11.6 Å². The summed E-state index contributed by atoms with van der Waals surface area (Å²) < 4.78 is 29.3. The number of hydrogen-bond acceptors (Lipinski definition) is 2. The van der Waals surface area contributed by atoms with Crippen LogP contribution in [0.5, 0.6) is 0 Å². The summed E-state index contributed by atoms with van der Waals surface area (Å²) in [5.74, 6) is -1.67. The molecule has 1 unspecified atom stereocenters. The van der Waals surface area contributed by atoms with Crippen LogP contribution in [0.1, 0.15) is 23.6 Å². The Morgan fingerprint density at radius 2 is 2.00 bits per heavy atom. The predicted molar refractivity (Wildman–Crippen MR) is 103 cm³/mol. The molecule has 0 aliphatic heterocycles. The van der Waals surface area contributed by atoms with Gasteiger partial charge in [-0.1, -0.05) is 17.7 Å². The van der Waals surface area contributed by atoms with Gasteiger partial charge in [-0.3, -0.25) is 3.97 Å². The maximum atomic E-state index is 13.9. The minimum atomic E-state index is -0.834. The third-order valence-electron chi connectivity index (χ3n) is 4.71. The molecule has 0 fully saturated rings. The largest absolute Gasteiger partial charge is 0.313 e. The lowest BCUT2D eigenvalue weighted by Crippen LogP contribution is -2.12. The predicted octanol–water partition coefficient (Wildman–Crippen LogP) is 5.85. The Kier molecular flexibility index (Phi) is 4.78. The molecule has 1 aliphatic rings. The molecule has 6 heteroatoms. The Morgan fingerprint density at radius 1 is 1.15 bits per heavy atom. The lowest BCUT2D eigenvalue weighted by atomic mass is 10.1. The second-order valence-electron chi connectivity index (χ2n) is 6.29. The van der Waals surface area contributed by atoms with Crippen molar-refractivity contribution >= 4 is 23.5 Å². The second kappa shape index (κ2) is 7.06. The quantitative estimate of drug-likeness (QED) is 0.601. The van der Waals surface area contributed by atoms with Gasteiger partial charge in [-0.05, 0) is 79.4 Å². The highest BCUT2D eigenvalue weighted by molar-refractivity contribution is 7.98. The summed E-state index contributed by atoms with van der Waals surface area (Å²) in [5.41, 5.74) is 3.99. The van der Waals surface area contributed by atoms with Crippen molar-refractivity contribution in [3.05, 3.63) is 76.4 Å². The molecular formula is C20H17ClF2N2S. The number of aromatic nitrogens is 1. The van der Waals surface area contributed by atoms with E-state index in [-0.39, 0.29) is 6.04 Å². The zero-order valence-corrected chi connectivity index (χ0v) is 15.7. The van der Waals surface area contributed by atoms with Crippen molar-refractivity contribution in [2.75, 3.05) is 7.05 Å². The van der Waals surface area contributed by atoms with Crippen molar-refractivity contribution in [2.45, 2.75) is 23.8 Å². The molecule has 0 saturated heterocycles. The van der Waals surface area contributed by atoms with E-state index in [4.69, 9.17) is 11.6 Å². The van der Waals surface area contributed by atoms with Gasteiger partial charge in [0.2, 0.25) is 0 Å². The van der Waals surface area contributed by atoms with Gasteiger partial charge in [0.05, 0.1) is 5.69 Å². The SMILES string of the molecule is CNC1CCc2c1cn(Sc1cccc(Cl)c1)c2-c1ccc(F)c(F)c1. The molecule has 1 aliphatic carbocycles. The van der Waals surface area contributed by atoms with E-state index in [0.29, 0.717) is 10.6 Å². The Bertz CT molecular complexity index is 970. The number of nitrogens with zero attached hydrogens (tertiary/aromatic N) is 1. The maximum Gasteiger partial charge on any atom is 0.159 e. The smallest absolute Gasteiger partial charge is 0.159 e. The number of benzene rings is 2. The van der Waals surface area contributed by atoms with E-state index in [2.05, 4.69) is 11.5 Å². The Morgan fingerprint density at radius 3 is 2.73 bits per heavy atom. The molecular weight excluding hydrogens is 374 g/mol. The summed E-state index contributed by atoms with van der Waals surface area (Å²) in [7, 11) is 1.94. The first-order valence-electron chi connectivity index (χ1n) is 8.37. The lowest BCUT2D eigenvalue weighted by Gasteiger charge is -2.12. The fourth-order valence-corrected chi connectivity index (χ4v) is 4.77. The third kappa shape index (κ3) is 3.15. The van der Waals surface area contributed by atoms with Gasteiger partial charge in [-0.2, -0.15) is 0 Å². The molecule has 0 bridgehead atoms. The van der Waals surface area contributed by atoms with E-state index in [1.165, 1.54) is 35.2 Å². The first kappa shape index (κ1) is 17.6. The number of nitrogens with one attached hydrogen (secondary N) is 1. The normalized spacial score (nSPS) is 16.1. The highest BCUT2D eigenvalue weighted by Gasteiger charge is 2.28. The van der Waals surface area contributed by atoms with Gasteiger partial charge in [-0.15, -0.1) is 0 Å². The summed E-state index contributed by atoms with van der Waals surface area (Å²) in [6.07, 6.45) is 3.99. The maximum absolute atomic E-state index is 13.9. The summed E-state index contributed by atoms with van der Waals surface area (Å²) in [6, 6.07) is 12.0. The topological polar surface area (TPSA) is 17.0 Å². The van der Waals surface area contributed by atoms with Crippen molar-refractivity contribution in [3.63, 3.8) is 0 Å². The van der Waals surface area contributed by atoms with Crippen LogP contribution in [0.2, 0.25) is 5.02 Å². The zero-order valence-electron chi connectivity index (χ0n) is 14.1. The first-order chi connectivity index (χ1) is 12.6. The number of halogens is 3. The molecule has 0 spiro atoms. The molecule has 1 atom stereocenters. The molecule has 4 rings (SSSR count). The molecule has 2 nitrogen and oxygen atoms in total. The van der Waals surface area contributed by atoms with Gasteiger partial charge in [0.15, 0.2) is 11.6 Å². The van der Waals surface area contributed by atoms with Crippen molar-refractivity contribution in [1.29, 1.82) is 0 Å². The Labute approximate surface area is 160 Å². The van der Waals surface area contributed by atoms with Crippen LogP contribution in [0.3, 0.4) is 0 Å². The molecule has 0 radical (unpaired) electrons. The fraction of sp³-hybridized carbons (Fsp3) is 0.200. The molecule has 3 aromatic rings. The molecule has 1 N–H and O–H groups in total. The van der Waals surface area contributed by atoms with Gasteiger partial charge in [-0.25, -0.2) is 8.78 Å². The van der Waals surface area contributed by atoms with E-state index in [0.717, 1.165) is 23.4 Å². The van der Waals surface area contributed by atoms with Crippen molar-refractivity contribution < 1.29 is 8.78 Å². The molecule has 0 saturated carbocycles. The van der Waals surface area contributed by atoms with Crippen LogP contribution in [0, 0.1) is 11.6 Å². The van der Waals surface area contributed by atoms with Gasteiger partial charge in [0.1, 0.15) is 0 Å². The lowest BCUT2D eigenvalue weighted by molar-refractivity contribution is 0.509. The van der Waals surface area contributed by atoms with Crippen LogP contribution in [0.4, 0.5) is 8.78 Å².